The number of carbonyl (C=O) groups excluding carboxylic acids is 1. The Morgan fingerprint density at radius 1 is 1.45 bits per heavy atom. The van der Waals surface area contributed by atoms with E-state index < -0.39 is 13.1 Å². The van der Waals surface area contributed by atoms with Crippen LogP contribution < -0.4 is 0 Å². The second-order valence-corrected chi connectivity index (χ2v) is 4.01. The molecule has 0 aromatic carbocycles. The second-order valence-electron chi connectivity index (χ2n) is 2.42. The van der Waals surface area contributed by atoms with Crippen LogP contribution >= 0.6 is 7.60 Å². The van der Waals surface area contributed by atoms with Gasteiger partial charge in [-0.3, -0.25) is 9.36 Å². The van der Waals surface area contributed by atoms with Gasteiger partial charge in [0.25, 0.3) is 0 Å². The van der Waals surface area contributed by atoms with Crippen molar-refractivity contribution in [2.24, 2.45) is 0 Å². The maximum Gasteiger partial charge on any atom is 0.391 e. The predicted molar refractivity (Wildman–Crippen MR) is 41.1 cm³/mol. The van der Waals surface area contributed by atoms with Crippen LogP contribution in [0.5, 0.6) is 0 Å². The third-order valence-corrected chi connectivity index (χ3v) is 1.84. The molecule has 0 unspecified atom stereocenters. The molecule has 0 amide bonds. The van der Waals surface area contributed by atoms with Gasteiger partial charge in [0.05, 0.1) is 0 Å². The van der Waals surface area contributed by atoms with Gasteiger partial charge in [0.15, 0.2) is 0 Å². The quantitative estimate of drug-likeness (QED) is 0.500. The number of hydrogen-bond donors (Lipinski definition) is 2. The summed E-state index contributed by atoms with van der Waals surface area (Å²) in [5.74, 6) is 0. The van der Waals surface area contributed by atoms with E-state index in [4.69, 9.17) is 9.79 Å². The van der Waals surface area contributed by atoms with Gasteiger partial charge in [-0.1, -0.05) is 11.6 Å². The van der Waals surface area contributed by atoms with Crippen molar-refractivity contribution in [2.75, 3.05) is 0 Å². The van der Waals surface area contributed by atoms with Crippen LogP contribution in [-0.2, 0) is 9.36 Å². The van der Waals surface area contributed by atoms with Gasteiger partial charge in [-0.2, -0.15) is 0 Å². The standard InChI is InChI=1S/C6H11O4P/c1-5(2)3-4-6(7)11(8,9)10/h3H,4H2,1-2H3,(H2,8,9,10). The largest absolute Gasteiger partial charge is 0.391 e. The Labute approximate surface area is 65.1 Å². The Kier molecular flexibility index (Phi) is 3.66. The maximum absolute atomic E-state index is 10.6. The molecule has 0 aromatic rings. The van der Waals surface area contributed by atoms with Crippen LogP contribution in [0.15, 0.2) is 11.6 Å². The van der Waals surface area contributed by atoms with E-state index in [0.717, 1.165) is 5.57 Å². The van der Waals surface area contributed by atoms with Crippen molar-refractivity contribution >= 4 is 13.1 Å². The summed E-state index contributed by atoms with van der Waals surface area (Å²) in [6.07, 6.45) is 1.30. The zero-order chi connectivity index (χ0) is 9.07. The van der Waals surface area contributed by atoms with Gasteiger partial charge in [0.2, 0.25) is 5.52 Å². The van der Waals surface area contributed by atoms with Crippen LogP contribution in [0.2, 0.25) is 0 Å². The molecule has 0 heterocycles. The Balaban J connectivity index is 4.12. The summed E-state index contributed by atoms with van der Waals surface area (Å²) in [6, 6.07) is 0. The van der Waals surface area contributed by atoms with Crippen molar-refractivity contribution in [3.63, 3.8) is 0 Å². The van der Waals surface area contributed by atoms with Gasteiger partial charge in [0, 0.05) is 6.42 Å². The molecule has 0 aliphatic heterocycles. The molecule has 0 aliphatic rings. The highest BCUT2D eigenvalue weighted by Gasteiger charge is 2.23. The zero-order valence-electron chi connectivity index (χ0n) is 6.44. The third-order valence-electron chi connectivity index (χ3n) is 1.01. The molecule has 64 valence electrons. The predicted octanol–water partition coefficient (Wildman–Crippen LogP) is 1.05. The van der Waals surface area contributed by atoms with E-state index in [1.807, 2.05) is 0 Å². The molecule has 0 rings (SSSR count). The lowest BCUT2D eigenvalue weighted by molar-refractivity contribution is -0.112. The highest BCUT2D eigenvalue weighted by atomic mass is 31.2. The fraction of sp³-hybridized carbons (Fsp3) is 0.500. The first kappa shape index (κ1) is 10.6. The van der Waals surface area contributed by atoms with E-state index in [0.29, 0.717) is 0 Å². The number of rotatable bonds is 3. The minimum Gasteiger partial charge on any atom is -0.319 e. The van der Waals surface area contributed by atoms with Crippen LogP contribution in [0.25, 0.3) is 0 Å². The molecule has 0 aromatic heterocycles. The van der Waals surface area contributed by atoms with E-state index in [-0.39, 0.29) is 6.42 Å². The molecule has 4 nitrogen and oxygen atoms in total. The van der Waals surface area contributed by atoms with Gasteiger partial charge in [-0.15, -0.1) is 0 Å². The lowest BCUT2D eigenvalue weighted by atomic mass is 10.3. The SMILES string of the molecule is CC(C)=CCC(=O)P(=O)(O)O. The first-order chi connectivity index (χ1) is 4.84. The van der Waals surface area contributed by atoms with Gasteiger partial charge in [0.1, 0.15) is 0 Å². The maximum atomic E-state index is 10.6. The lowest BCUT2D eigenvalue weighted by Gasteiger charge is -1.98. The Morgan fingerprint density at radius 3 is 2.18 bits per heavy atom. The molecule has 0 spiro atoms. The number of allylic oxidation sites excluding steroid dienone is 2. The van der Waals surface area contributed by atoms with Gasteiger partial charge in [-0.05, 0) is 13.8 Å². The Morgan fingerprint density at radius 2 is 1.91 bits per heavy atom. The van der Waals surface area contributed by atoms with Crippen LogP contribution in [0.3, 0.4) is 0 Å². The monoisotopic (exact) mass is 178 g/mol. The zero-order valence-corrected chi connectivity index (χ0v) is 7.34. The van der Waals surface area contributed by atoms with Crippen molar-refractivity contribution < 1.29 is 19.1 Å². The summed E-state index contributed by atoms with van der Waals surface area (Å²) >= 11 is 0. The normalized spacial score (nSPS) is 10.9. The van der Waals surface area contributed by atoms with Crippen molar-refractivity contribution in [3.05, 3.63) is 11.6 Å². The van der Waals surface area contributed by atoms with Crippen LogP contribution in [0.1, 0.15) is 20.3 Å². The van der Waals surface area contributed by atoms with Crippen LogP contribution in [0, 0.1) is 0 Å². The average Bonchev–Trinajstić information content (AvgIpc) is 1.80. The highest BCUT2D eigenvalue weighted by molar-refractivity contribution is 7.70. The summed E-state index contributed by atoms with van der Waals surface area (Å²) < 4.78 is 10.3. The molecule has 0 atom stereocenters. The summed E-state index contributed by atoms with van der Waals surface area (Å²) in [5, 5.41) is 0. The minimum atomic E-state index is -4.50. The summed E-state index contributed by atoms with van der Waals surface area (Å²) in [7, 11) is -4.50. The van der Waals surface area contributed by atoms with E-state index >= 15 is 0 Å². The number of carbonyl (C=O) groups is 1. The molecule has 5 heteroatoms. The van der Waals surface area contributed by atoms with Gasteiger partial charge >= 0.3 is 7.60 Å². The van der Waals surface area contributed by atoms with E-state index in [1.165, 1.54) is 6.08 Å². The average molecular weight is 178 g/mol. The summed E-state index contributed by atoms with van der Waals surface area (Å²) in [5.41, 5.74) is -0.162. The van der Waals surface area contributed by atoms with Gasteiger partial charge in [-0.25, -0.2) is 0 Å². The van der Waals surface area contributed by atoms with E-state index in [2.05, 4.69) is 0 Å². The van der Waals surface area contributed by atoms with Gasteiger partial charge < -0.3 is 9.79 Å². The van der Waals surface area contributed by atoms with Crippen LogP contribution in [-0.4, -0.2) is 15.3 Å². The first-order valence-electron chi connectivity index (χ1n) is 3.06. The molecular weight excluding hydrogens is 167 g/mol. The Hall–Kier alpha value is -0.440. The minimum absolute atomic E-state index is 0.188. The third kappa shape index (κ3) is 4.90. The van der Waals surface area contributed by atoms with Crippen molar-refractivity contribution in [2.45, 2.75) is 20.3 Å². The smallest absolute Gasteiger partial charge is 0.319 e. The second kappa shape index (κ2) is 3.81. The van der Waals surface area contributed by atoms with Crippen LogP contribution in [0.4, 0.5) is 0 Å². The molecule has 0 bridgehead atoms. The summed E-state index contributed by atoms with van der Waals surface area (Å²) in [6.45, 7) is 3.51. The van der Waals surface area contributed by atoms with Crippen molar-refractivity contribution in [3.8, 4) is 0 Å². The molecule has 11 heavy (non-hydrogen) atoms. The Bertz CT molecular complexity index is 221. The topological polar surface area (TPSA) is 74.6 Å². The fourth-order valence-corrected chi connectivity index (χ4v) is 0.739. The molecule has 0 aliphatic carbocycles. The molecule has 2 N–H and O–H groups in total. The van der Waals surface area contributed by atoms with E-state index in [9.17, 15) is 9.36 Å². The fourth-order valence-electron chi connectivity index (χ4n) is 0.410. The number of hydrogen-bond acceptors (Lipinski definition) is 2. The molecular formula is C6H11O4P. The van der Waals surface area contributed by atoms with E-state index in [1.54, 1.807) is 13.8 Å². The summed E-state index contributed by atoms with van der Waals surface area (Å²) in [4.78, 5) is 27.2. The molecule has 0 saturated heterocycles. The molecule has 0 saturated carbocycles. The lowest BCUT2D eigenvalue weighted by Crippen LogP contribution is -1.96. The van der Waals surface area contributed by atoms with Crippen molar-refractivity contribution in [1.82, 2.24) is 0 Å². The highest BCUT2D eigenvalue weighted by Crippen LogP contribution is 2.36. The molecule has 0 fully saturated rings. The molecule has 0 radical (unpaired) electrons. The first-order valence-corrected chi connectivity index (χ1v) is 4.67. The van der Waals surface area contributed by atoms with Crippen molar-refractivity contribution in [1.29, 1.82) is 0 Å².